The maximum absolute atomic E-state index is 12.1. The Morgan fingerprint density at radius 1 is 1.07 bits per heavy atom. The van der Waals surface area contributed by atoms with Crippen molar-refractivity contribution in [3.8, 4) is 0 Å². The quantitative estimate of drug-likeness (QED) is 0.208. The summed E-state index contributed by atoms with van der Waals surface area (Å²) in [5.74, 6) is -0.0919. The van der Waals surface area contributed by atoms with Gasteiger partial charge in [0.1, 0.15) is 6.04 Å². The van der Waals surface area contributed by atoms with Crippen LogP contribution in [0.15, 0.2) is 0 Å². The molecule has 1 saturated heterocycles. The highest BCUT2D eigenvalue weighted by atomic mass is 127. The van der Waals surface area contributed by atoms with Crippen LogP contribution in [0, 0.1) is 0 Å². The third-order valence-electron chi connectivity index (χ3n) is 4.22. The number of likely N-dealkylation sites (tertiary alicyclic amines) is 1. The molecule has 1 heterocycles. The van der Waals surface area contributed by atoms with Crippen LogP contribution >= 0.6 is 22.9 Å². The molecule has 158 valence electrons. The molecule has 1 aliphatic heterocycles. The van der Waals surface area contributed by atoms with Crippen molar-refractivity contribution < 1.29 is 23.8 Å². The normalized spacial score (nSPS) is 16.9. The zero-order valence-corrected chi connectivity index (χ0v) is 18.7. The van der Waals surface area contributed by atoms with E-state index in [0.717, 1.165) is 38.8 Å². The topological polar surface area (TPSA) is 80.3 Å². The van der Waals surface area contributed by atoms with Crippen molar-refractivity contribution in [1.82, 2.24) is 13.3 Å². The maximum Gasteiger partial charge on any atom is 0.242 e. The molecular weight excluding hydrogens is 465 g/mol. The number of nitrogens with zero attached hydrogens (tertiary/aromatic N) is 2. The van der Waals surface area contributed by atoms with Gasteiger partial charge in [0.05, 0.1) is 26.4 Å². The summed E-state index contributed by atoms with van der Waals surface area (Å²) in [7, 11) is 2.04. The maximum atomic E-state index is 12.1. The van der Waals surface area contributed by atoms with E-state index in [0.29, 0.717) is 46.1 Å². The number of nitrogens with one attached hydrogen (secondary N) is 1. The van der Waals surface area contributed by atoms with Gasteiger partial charge in [0.15, 0.2) is 0 Å². The minimum atomic E-state index is -0.304. The first-order valence-corrected chi connectivity index (χ1v) is 10.6. The van der Waals surface area contributed by atoms with Crippen molar-refractivity contribution in [3.05, 3.63) is 0 Å². The summed E-state index contributed by atoms with van der Waals surface area (Å²) in [6, 6.07) is -0.304. The van der Waals surface area contributed by atoms with Crippen molar-refractivity contribution in [2.75, 3.05) is 66.3 Å². The van der Waals surface area contributed by atoms with Gasteiger partial charge in [-0.05, 0) is 32.7 Å². The zero-order chi connectivity index (χ0) is 19.9. The third-order valence-corrected chi connectivity index (χ3v) is 4.71. The molecule has 9 heteroatoms. The van der Waals surface area contributed by atoms with E-state index in [1.165, 1.54) is 6.92 Å². The van der Waals surface area contributed by atoms with Crippen LogP contribution in [0.25, 0.3) is 0 Å². The molecule has 0 saturated carbocycles. The highest BCUT2D eigenvalue weighted by Gasteiger charge is 2.31. The number of amides is 2. The molecule has 1 aliphatic rings. The second kappa shape index (κ2) is 15.4. The molecule has 0 aliphatic carbocycles. The molecule has 0 bridgehead atoms. The van der Waals surface area contributed by atoms with E-state index in [1.54, 1.807) is 4.90 Å². The Morgan fingerprint density at radius 2 is 1.67 bits per heavy atom. The lowest BCUT2D eigenvalue weighted by atomic mass is 10.2. The average Bonchev–Trinajstić information content (AvgIpc) is 3.11. The molecule has 1 unspecified atom stereocenters. The molecule has 0 aromatic heterocycles. The number of hydrogen-bond acceptors (Lipinski definition) is 6. The van der Waals surface area contributed by atoms with Crippen molar-refractivity contribution in [3.63, 3.8) is 0 Å². The average molecular weight is 499 g/mol. The van der Waals surface area contributed by atoms with E-state index in [-0.39, 0.29) is 17.9 Å². The smallest absolute Gasteiger partial charge is 0.242 e. The van der Waals surface area contributed by atoms with E-state index >= 15 is 0 Å². The SMILES string of the molecule is CC(=O)N1CCCC1C(=O)NCCCOCCOCCOCCCN(C)I. The Morgan fingerprint density at radius 3 is 2.26 bits per heavy atom. The van der Waals surface area contributed by atoms with Gasteiger partial charge in [0.25, 0.3) is 0 Å². The molecule has 1 fully saturated rings. The molecular formula is C18H34IN3O5. The molecule has 27 heavy (non-hydrogen) atoms. The number of hydrogen-bond donors (Lipinski definition) is 1. The molecule has 0 aromatic carbocycles. The fourth-order valence-electron chi connectivity index (χ4n) is 2.85. The fourth-order valence-corrected chi connectivity index (χ4v) is 3.19. The zero-order valence-electron chi connectivity index (χ0n) is 16.6. The number of carbonyl (C=O) groups excluding carboxylic acids is 2. The Hall–Kier alpha value is -0.490. The molecule has 1 N–H and O–H groups in total. The predicted octanol–water partition coefficient (Wildman–Crippen LogP) is 1.23. The largest absolute Gasteiger partial charge is 0.379 e. The predicted molar refractivity (Wildman–Crippen MR) is 112 cm³/mol. The lowest BCUT2D eigenvalue weighted by Gasteiger charge is -2.22. The standard InChI is InChI=1S/C18H34IN3O5/c1-16(23)22-9-3-6-17(22)18(24)20-7-4-10-25-12-14-27-15-13-26-11-5-8-21(2)19/h17H,3-15H2,1-2H3,(H,20,24). The number of ether oxygens (including phenoxy) is 3. The summed E-state index contributed by atoms with van der Waals surface area (Å²) < 4.78 is 18.5. The first kappa shape index (κ1) is 24.5. The fraction of sp³-hybridized carbons (Fsp3) is 0.889. The van der Waals surface area contributed by atoms with E-state index < -0.39 is 0 Å². The van der Waals surface area contributed by atoms with Crippen molar-refractivity contribution in [1.29, 1.82) is 0 Å². The van der Waals surface area contributed by atoms with Gasteiger partial charge in [-0.15, -0.1) is 0 Å². The molecule has 1 rings (SSSR count). The highest BCUT2D eigenvalue weighted by molar-refractivity contribution is 14.1. The Labute approximate surface area is 176 Å². The summed E-state index contributed by atoms with van der Waals surface area (Å²) >= 11 is 2.26. The summed E-state index contributed by atoms with van der Waals surface area (Å²) in [6.07, 6.45) is 3.40. The number of halogens is 1. The molecule has 0 spiro atoms. The van der Waals surface area contributed by atoms with Crippen LogP contribution in [0.4, 0.5) is 0 Å². The van der Waals surface area contributed by atoms with Gasteiger partial charge in [-0.2, -0.15) is 0 Å². The van der Waals surface area contributed by atoms with Crippen LogP contribution in [0.5, 0.6) is 0 Å². The molecule has 8 nitrogen and oxygen atoms in total. The molecule has 1 atom stereocenters. The van der Waals surface area contributed by atoms with Crippen LogP contribution in [0.3, 0.4) is 0 Å². The summed E-state index contributed by atoms with van der Waals surface area (Å²) in [6.45, 7) is 7.36. The minimum absolute atomic E-state index is 0.0328. The molecule has 0 aromatic rings. The second-order valence-electron chi connectivity index (χ2n) is 6.53. The first-order valence-electron chi connectivity index (χ1n) is 9.67. The Bertz CT molecular complexity index is 426. The van der Waals surface area contributed by atoms with Gasteiger partial charge in [-0.3, -0.25) is 12.7 Å². The van der Waals surface area contributed by atoms with Gasteiger partial charge >= 0.3 is 0 Å². The Kier molecular flexibility index (Phi) is 14.0. The lowest BCUT2D eigenvalue weighted by molar-refractivity contribution is -0.136. The van der Waals surface area contributed by atoms with Gasteiger partial charge in [-0.25, -0.2) is 0 Å². The molecule has 0 radical (unpaired) electrons. The monoisotopic (exact) mass is 499 g/mol. The third kappa shape index (κ3) is 11.8. The number of carbonyl (C=O) groups is 2. The summed E-state index contributed by atoms with van der Waals surface area (Å²) in [5.41, 5.74) is 0. The van der Waals surface area contributed by atoms with Crippen LogP contribution in [-0.2, 0) is 23.8 Å². The van der Waals surface area contributed by atoms with Gasteiger partial charge in [0, 0.05) is 62.6 Å². The van der Waals surface area contributed by atoms with E-state index in [9.17, 15) is 9.59 Å². The van der Waals surface area contributed by atoms with Crippen LogP contribution in [-0.4, -0.2) is 92.2 Å². The van der Waals surface area contributed by atoms with E-state index in [4.69, 9.17) is 14.2 Å². The van der Waals surface area contributed by atoms with Gasteiger partial charge in [-0.1, -0.05) is 0 Å². The Balaban J connectivity index is 1.85. The van der Waals surface area contributed by atoms with Crippen molar-refractivity contribution in [2.45, 2.75) is 38.6 Å². The second-order valence-corrected chi connectivity index (χ2v) is 8.18. The summed E-state index contributed by atoms with van der Waals surface area (Å²) in [5, 5.41) is 2.89. The van der Waals surface area contributed by atoms with Crippen LogP contribution in [0.1, 0.15) is 32.6 Å². The minimum Gasteiger partial charge on any atom is -0.379 e. The van der Waals surface area contributed by atoms with E-state index in [2.05, 4.69) is 31.3 Å². The summed E-state index contributed by atoms with van der Waals surface area (Å²) in [4.78, 5) is 25.2. The van der Waals surface area contributed by atoms with Crippen molar-refractivity contribution in [2.24, 2.45) is 0 Å². The lowest BCUT2D eigenvalue weighted by Crippen LogP contribution is -2.45. The van der Waals surface area contributed by atoms with Crippen LogP contribution < -0.4 is 5.32 Å². The van der Waals surface area contributed by atoms with E-state index in [1.807, 2.05) is 7.05 Å². The van der Waals surface area contributed by atoms with Gasteiger partial charge in [0.2, 0.25) is 11.8 Å². The molecule has 2 amide bonds. The van der Waals surface area contributed by atoms with Gasteiger partial charge < -0.3 is 24.4 Å². The highest BCUT2D eigenvalue weighted by Crippen LogP contribution is 2.17. The first-order chi connectivity index (χ1) is 13.0. The number of rotatable bonds is 15. The van der Waals surface area contributed by atoms with Crippen molar-refractivity contribution >= 4 is 34.7 Å². The van der Waals surface area contributed by atoms with Crippen LogP contribution in [0.2, 0.25) is 0 Å².